The number of nitrogens with zero attached hydrogens (tertiary/aromatic N) is 5. The molecule has 6 heterocycles. The zero-order valence-electron chi connectivity index (χ0n) is 19.5. The van der Waals surface area contributed by atoms with Gasteiger partial charge in [-0.25, -0.2) is 15.0 Å². The molecule has 2 saturated heterocycles. The van der Waals surface area contributed by atoms with E-state index >= 15 is 0 Å². The van der Waals surface area contributed by atoms with Crippen molar-refractivity contribution < 1.29 is 9.47 Å². The Labute approximate surface area is 203 Å². The summed E-state index contributed by atoms with van der Waals surface area (Å²) in [4.78, 5) is 18.6. The van der Waals surface area contributed by atoms with Crippen LogP contribution in [0.4, 0.5) is 11.8 Å². The molecule has 9 heteroatoms. The second-order valence-electron chi connectivity index (χ2n) is 10.5. The van der Waals surface area contributed by atoms with E-state index in [0.29, 0.717) is 18.1 Å². The van der Waals surface area contributed by atoms with Crippen LogP contribution in [-0.4, -0.2) is 57.3 Å². The SMILES string of the molecule is C[C@H]1CC2(CCN(c3ncc(Sc4ccnc5c4OCC4(CCC4)N5)c4nccn34)CC2)CO1. The molecule has 4 aliphatic rings. The lowest BCUT2D eigenvalue weighted by atomic mass is 9.77. The number of aromatic nitrogens is 4. The molecule has 0 unspecified atom stereocenters. The highest BCUT2D eigenvalue weighted by molar-refractivity contribution is 7.99. The van der Waals surface area contributed by atoms with Crippen molar-refractivity contribution >= 4 is 29.2 Å². The maximum atomic E-state index is 6.24. The summed E-state index contributed by atoms with van der Waals surface area (Å²) in [5, 5.41) is 3.64. The number of imidazole rings is 1. The molecule has 3 aliphatic heterocycles. The van der Waals surface area contributed by atoms with Crippen LogP contribution in [0.15, 0.2) is 40.6 Å². The monoisotopic (exact) mass is 478 g/mol. The maximum absolute atomic E-state index is 6.24. The average Bonchev–Trinajstić information content (AvgIpc) is 3.46. The van der Waals surface area contributed by atoms with Crippen molar-refractivity contribution in [3.8, 4) is 5.75 Å². The molecule has 3 aromatic heterocycles. The van der Waals surface area contributed by atoms with Crippen molar-refractivity contribution in [2.75, 3.05) is 36.5 Å². The van der Waals surface area contributed by atoms with Gasteiger partial charge < -0.3 is 19.7 Å². The van der Waals surface area contributed by atoms with Crippen LogP contribution in [0.1, 0.15) is 45.4 Å². The van der Waals surface area contributed by atoms with Gasteiger partial charge in [-0.05, 0) is 56.9 Å². The molecule has 2 spiro atoms. The fraction of sp³-hybridized carbons (Fsp3) is 0.560. The van der Waals surface area contributed by atoms with E-state index in [1.165, 1.54) is 12.8 Å². The molecule has 1 saturated carbocycles. The van der Waals surface area contributed by atoms with E-state index in [-0.39, 0.29) is 5.54 Å². The van der Waals surface area contributed by atoms with E-state index in [1.807, 2.05) is 30.9 Å². The molecule has 0 radical (unpaired) electrons. The minimum atomic E-state index is 0.0819. The third-order valence-electron chi connectivity index (χ3n) is 8.15. The molecule has 8 nitrogen and oxygen atoms in total. The van der Waals surface area contributed by atoms with Crippen molar-refractivity contribution in [3.63, 3.8) is 0 Å². The van der Waals surface area contributed by atoms with Gasteiger partial charge >= 0.3 is 0 Å². The van der Waals surface area contributed by atoms with Gasteiger partial charge in [0.15, 0.2) is 17.2 Å². The third kappa shape index (κ3) is 3.35. The van der Waals surface area contributed by atoms with Crippen LogP contribution in [0.5, 0.6) is 5.75 Å². The van der Waals surface area contributed by atoms with E-state index in [9.17, 15) is 0 Å². The summed E-state index contributed by atoms with van der Waals surface area (Å²) in [6.45, 7) is 5.81. The summed E-state index contributed by atoms with van der Waals surface area (Å²) in [6.07, 6.45) is 15.1. The molecule has 34 heavy (non-hydrogen) atoms. The van der Waals surface area contributed by atoms with Gasteiger partial charge in [0.2, 0.25) is 5.95 Å². The summed E-state index contributed by atoms with van der Waals surface area (Å²) in [6, 6.07) is 2.02. The predicted molar refractivity (Wildman–Crippen MR) is 131 cm³/mol. The lowest BCUT2D eigenvalue weighted by Gasteiger charge is -2.45. The summed E-state index contributed by atoms with van der Waals surface area (Å²) in [5.41, 5.74) is 1.36. The first-order valence-corrected chi connectivity index (χ1v) is 13.2. The number of piperidine rings is 1. The highest BCUT2D eigenvalue weighted by Gasteiger charge is 2.43. The lowest BCUT2D eigenvalue weighted by molar-refractivity contribution is 0.0975. The fourth-order valence-electron chi connectivity index (χ4n) is 5.99. The van der Waals surface area contributed by atoms with Crippen molar-refractivity contribution in [2.45, 2.75) is 66.9 Å². The second-order valence-corrected chi connectivity index (χ2v) is 11.6. The third-order valence-corrected chi connectivity index (χ3v) is 9.20. The number of fused-ring (bicyclic) bond motifs is 2. The number of rotatable bonds is 3. The zero-order valence-corrected chi connectivity index (χ0v) is 20.3. The fourth-order valence-corrected chi connectivity index (χ4v) is 6.96. The number of nitrogens with one attached hydrogen (secondary N) is 1. The summed E-state index contributed by atoms with van der Waals surface area (Å²) in [7, 11) is 0. The predicted octanol–water partition coefficient (Wildman–Crippen LogP) is 4.40. The lowest BCUT2D eigenvalue weighted by Crippen LogP contribution is -2.52. The van der Waals surface area contributed by atoms with Gasteiger partial charge in [-0.3, -0.25) is 4.40 Å². The first-order valence-electron chi connectivity index (χ1n) is 12.4. The number of ether oxygens (including phenoxy) is 2. The first-order chi connectivity index (χ1) is 16.6. The standard InChI is InChI=1S/C25H30N6O2S/c1-17-13-24(15-32-17)6-10-30(11-7-24)23-28-14-19(22-27-9-12-31(22)23)34-18-3-8-26-21-20(18)33-16-25(29-21)4-2-5-25/h3,8-9,12,14,17H,2,4-7,10-11,13,15-16H2,1H3,(H,26,29)/t17-/m0/s1. The Bertz CT molecular complexity index is 1230. The maximum Gasteiger partial charge on any atom is 0.211 e. The highest BCUT2D eigenvalue weighted by Crippen LogP contribution is 2.47. The zero-order chi connectivity index (χ0) is 22.8. The van der Waals surface area contributed by atoms with Crippen molar-refractivity contribution in [1.29, 1.82) is 0 Å². The van der Waals surface area contributed by atoms with Crippen LogP contribution in [0.2, 0.25) is 0 Å². The van der Waals surface area contributed by atoms with E-state index in [2.05, 4.69) is 26.5 Å². The Morgan fingerprint density at radius 3 is 2.71 bits per heavy atom. The van der Waals surface area contributed by atoms with Crippen molar-refractivity contribution in [3.05, 3.63) is 30.9 Å². The van der Waals surface area contributed by atoms with Crippen LogP contribution in [0.3, 0.4) is 0 Å². The molecule has 178 valence electrons. The molecular weight excluding hydrogens is 448 g/mol. The van der Waals surface area contributed by atoms with Crippen LogP contribution in [-0.2, 0) is 4.74 Å². The van der Waals surface area contributed by atoms with Crippen molar-refractivity contribution in [2.24, 2.45) is 5.41 Å². The Morgan fingerprint density at radius 2 is 1.94 bits per heavy atom. The minimum Gasteiger partial charge on any atom is -0.486 e. The molecule has 1 atom stereocenters. The van der Waals surface area contributed by atoms with Crippen molar-refractivity contribution in [1.82, 2.24) is 19.4 Å². The molecule has 7 rings (SSSR count). The van der Waals surface area contributed by atoms with Gasteiger partial charge in [-0.2, -0.15) is 0 Å². The van der Waals surface area contributed by atoms with Gasteiger partial charge in [0.05, 0.1) is 28.0 Å². The van der Waals surface area contributed by atoms with Crippen LogP contribution in [0.25, 0.3) is 5.65 Å². The topological polar surface area (TPSA) is 76.8 Å². The Balaban J connectivity index is 1.14. The Hall–Kier alpha value is -2.52. The van der Waals surface area contributed by atoms with Gasteiger partial charge in [0, 0.05) is 37.9 Å². The second kappa shape index (κ2) is 7.75. The molecule has 3 fully saturated rings. The molecule has 1 N–H and O–H groups in total. The van der Waals surface area contributed by atoms with E-state index in [0.717, 1.165) is 78.3 Å². The van der Waals surface area contributed by atoms with Gasteiger partial charge in [0.1, 0.15) is 6.61 Å². The Morgan fingerprint density at radius 1 is 1.06 bits per heavy atom. The number of anilines is 2. The molecule has 0 amide bonds. The van der Waals surface area contributed by atoms with E-state index < -0.39 is 0 Å². The Kier molecular flexibility index (Phi) is 4.74. The van der Waals surface area contributed by atoms with Gasteiger partial charge in [0.25, 0.3) is 0 Å². The van der Waals surface area contributed by atoms with Crippen LogP contribution in [0, 0.1) is 5.41 Å². The smallest absolute Gasteiger partial charge is 0.211 e. The van der Waals surface area contributed by atoms with E-state index in [4.69, 9.17) is 19.4 Å². The molecule has 3 aromatic rings. The summed E-state index contributed by atoms with van der Waals surface area (Å²) < 4.78 is 14.3. The summed E-state index contributed by atoms with van der Waals surface area (Å²) >= 11 is 1.65. The molecular formula is C25H30N6O2S. The normalized spacial score (nSPS) is 24.6. The minimum absolute atomic E-state index is 0.0819. The highest BCUT2D eigenvalue weighted by atomic mass is 32.2. The van der Waals surface area contributed by atoms with Crippen LogP contribution >= 0.6 is 11.8 Å². The quantitative estimate of drug-likeness (QED) is 0.594. The van der Waals surface area contributed by atoms with Gasteiger partial charge in [-0.15, -0.1) is 0 Å². The average molecular weight is 479 g/mol. The molecule has 0 aromatic carbocycles. The summed E-state index contributed by atoms with van der Waals surface area (Å²) in [5.74, 6) is 2.67. The molecule has 0 bridgehead atoms. The van der Waals surface area contributed by atoms with Crippen LogP contribution < -0.4 is 15.0 Å². The first kappa shape index (κ1) is 20.8. The van der Waals surface area contributed by atoms with Gasteiger partial charge in [-0.1, -0.05) is 11.8 Å². The molecule has 1 aliphatic carbocycles. The number of pyridine rings is 1. The largest absolute Gasteiger partial charge is 0.486 e. The van der Waals surface area contributed by atoms with E-state index in [1.54, 1.807) is 11.8 Å². The number of hydrogen-bond acceptors (Lipinski definition) is 8. The number of hydrogen-bond donors (Lipinski definition) is 1.